The number of aliphatic carboxylic acids is 1. The van der Waals surface area contributed by atoms with Crippen LogP contribution in [0.1, 0.15) is 12.0 Å². The molecular formula is C12H15BrN2O5. The molecule has 1 atom stereocenters. The third kappa shape index (κ3) is 4.17. The van der Waals surface area contributed by atoms with Crippen molar-refractivity contribution in [1.82, 2.24) is 5.32 Å². The van der Waals surface area contributed by atoms with Gasteiger partial charge < -0.3 is 15.2 Å². The molecule has 1 unspecified atom stereocenters. The number of hydrogen-bond acceptors (Lipinski definition) is 5. The zero-order valence-electron chi connectivity index (χ0n) is 11.1. The molecule has 0 spiro atoms. The molecule has 0 aliphatic rings. The van der Waals surface area contributed by atoms with E-state index in [9.17, 15) is 14.9 Å². The summed E-state index contributed by atoms with van der Waals surface area (Å²) < 4.78 is 5.99. The van der Waals surface area contributed by atoms with Crippen LogP contribution in [-0.2, 0) is 4.79 Å². The van der Waals surface area contributed by atoms with Crippen molar-refractivity contribution >= 4 is 27.6 Å². The Bertz CT molecular complexity index is 521. The van der Waals surface area contributed by atoms with Gasteiger partial charge in [-0.3, -0.25) is 14.9 Å². The summed E-state index contributed by atoms with van der Waals surface area (Å²) in [6.45, 7) is 1.76. The Balaban J connectivity index is 2.82. The van der Waals surface area contributed by atoms with Crippen LogP contribution >= 0.6 is 15.9 Å². The third-order valence-corrected chi connectivity index (χ3v) is 3.17. The van der Waals surface area contributed by atoms with Gasteiger partial charge in [-0.15, -0.1) is 0 Å². The van der Waals surface area contributed by atoms with Crippen LogP contribution < -0.4 is 10.1 Å². The first-order chi connectivity index (χ1) is 9.36. The molecule has 0 heterocycles. The van der Waals surface area contributed by atoms with Gasteiger partial charge >= 0.3 is 11.7 Å². The summed E-state index contributed by atoms with van der Waals surface area (Å²) in [7, 11) is 1.53. The van der Waals surface area contributed by atoms with E-state index in [2.05, 4.69) is 21.2 Å². The van der Waals surface area contributed by atoms with Crippen LogP contribution in [0.15, 0.2) is 16.6 Å². The lowest BCUT2D eigenvalue weighted by atomic mass is 10.2. The number of aryl methyl sites for hydroxylation is 1. The number of nitrogens with zero attached hydrogens (tertiary/aromatic N) is 1. The number of likely N-dealkylation sites (N-methyl/N-ethyl adjacent to an activating group) is 1. The molecule has 0 saturated carbocycles. The average molecular weight is 347 g/mol. The minimum Gasteiger partial charge on any atom is -0.487 e. The van der Waals surface area contributed by atoms with E-state index >= 15 is 0 Å². The number of nitro benzene ring substituents is 1. The van der Waals surface area contributed by atoms with Gasteiger partial charge in [-0.2, -0.15) is 0 Å². The molecule has 7 nitrogen and oxygen atoms in total. The summed E-state index contributed by atoms with van der Waals surface area (Å²) in [6.07, 6.45) is 0.207. The van der Waals surface area contributed by atoms with Crippen molar-refractivity contribution in [1.29, 1.82) is 0 Å². The summed E-state index contributed by atoms with van der Waals surface area (Å²) in [5, 5.41) is 22.5. The number of ether oxygens (including phenoxy) is 1. The van der Waals surface area contributed by atoms with Crippen molar-refractivity contribution in [3.8, 4) is 5.75 Å². The summed E-state index contributed by atoms with van der Waals surface area (Å²) in [6, 6.07) is 2.31. The van der Waals surface area contributed by atoms with Crippen molar-refractivity contribution < 1.29 is 19.6 Å². The van der Waals surface area contributed by atoms with E-state index in [1.807, 2.05) is 0 Å². The molecule has 2 N–H and O–H groups in total. The minimum absolute atomic E-state index is 0.0706. The molecule has 1 aromatic carbocycles. The predicted octanol–water partition coefficient (Wildman–Crippen LogP) is 2.11. The number of hydrogen-bond donors (Lipinski definition) is 2. The average Bonchev–Trinajstić information content (AvgIpc) is 2.35. The summed E-state index contributed by atoms with van der Waals surface area (Å²) in [4.78, 5) is 21.3. The lowest BCUT2D eigenvalue weighted by molar-refractivity contribution is -0.386. The second kappa shape index (κ2) is 7.20. The van der Waals surface area contributed by atoms with Gasteiger partial charge in [0.2, 0.25) is 0 Å². The van der Waals surface area contributed by atoms with E-state index < -0.39 is 16.9 Å². The molecule has 0 aromatic heterocycles. The third-order valence-electron chi connectivity index (χ3n) is 2.72. The molecule has 8 heteroatoms. The molecule has 0 bridgehead atoms. The van der Waals surface area contributed by atoms with E-state index in [1.165, 1.54) is 13.1 Å². The van der Waals surface area contributed by atoms with Gasteiger partial charge in [0.15, 0.2) is 5.75 Å². The van der Waals surface area contributed by atoms with E-state index in [-0.39, 0.29) is 24.5 Å². The van der Waals surface area contributed by atoms with Gasteiger partial charge in [0.05, 0.1) is 11.5 Å². The minimum atomic E-state index is -0.988. The van der Waals surface area contributed by atoms with Crippen LogP contribution in [0.25, 0.3) is 0 Å². The van der Waals surface area contributed by atoms with Gasteiger partial charge in [-0.05, 0) is 25.6 Å². The van der Waals surface area contributed by atoms with Gasteiger partial charge in [-0.1, -0.05) is 15.9 Å². The number of halogens is 1. The van der Waals surface area contributed by atoms with Crippen LogP contribution in [0.2, 0.25) is 0 Å². The first kappa shape index (κ1) is 16.4. The fourth-order valence-corrected chi connectivity index (χ4v) is 2.27. The monoisotopic (exact) mass is 346 g/mol. The van der Waals surface area contributed by atoms with Gasteiger partial charge in [0.25, 0.3) is 0 Å². The molecule has 1 aromatic rings. The van der Waals surface area contributed by atoms with Gasteiger partial charge in [0.1, 0.15) is 6.04 Å². The molecule has 20 heavy (non-hydrogen) atoms. The molecule has 0 amide bonds. The number of carboxylic acids is 1. The zero-order chi connectivity index (χ0) is 15.3. The Labute approximate surface area is 124 Å². The van der Waals surface area contributed by atoms with Crippen LogP contribution in [0.3, 0.4) is 0 Å². The molecule has 0 aliphatic carbocycles. The quantitative estimate of drug-likeness (QED) is 0.579. The zero-order valence-corrected chi connectivity index (χ0v) is 12.6. The fourth-order valence-electron chi connectivity index (χ4n) is 1.71. The molecule has 110 valence electrons. The highest BCUT2D eigenvalue weighted by Gasteiger charge is 2.20. The van der Waals surface area contributed by atoms with Gasteiger partial charge in [0, 0.05) is 17.0 Å². The summed E-state index contributed by atoms with van der Waals surface area (Å²) >= 11 is 3.19. The van der Waals surface area contributed by atoms with Gasteiger partial charge in [-0.25, -0.2) is 0 Å². The molecule has 1 rings (SSSR count). The number of nitrogens with one attached hydrogen (secondary N) is 1. The van der Waals surface area contributed by atoms with Crippen LogP contribution in [0.5, 0.6) is 5.75 Å². The second-order valence-electron chi connectivity index (χ2n) is 4.14. The van der Waals surface area contributed by atoms with E-state index in [0.29, 0.717) is 10.0 Å². The van der Waals surface area contributed by atoms with E-state index in [0.717, 1.165) is 0 Å². The Kier molecular flexibility index (Phi) is 5.90. The van der Waals surface area contributed by atoms with E-state index in [1.54, 1.807) is 13.0 Å². The highest BCUT2D eigenvalue weighted by Crippen LogP contribution is 2.34. The first-order valence-electron chi connectivity index (χ1n) is 5.84. The number of rotatable bonds is 7. The Hall–Kier alpha value is -1.67. The van der Waals surface area contributed by atoms with Crippen molar-refractivity contribution in [2.24, 2.45) is 0 Å². The maximum absolute atomic E-state index is 11.0. The van der Waals surface area contributed by atoms with Crippen LogP contribution in [-0.4, -0.2) is 35.7 Å². The lowest BCUT2D eigenvalue weighted by Gasteiger charge is -2.13. The maximum atomic E-state index is 11.0. The molecule has 0 fully saturated rings. The van der Waals surface area contributed by atoms with E-state index in [4.69, 9.17) is 9.84 Å². The van der Waals surface area contributed by atoms with Crippen molar-refractivity contribution in [2.45, 2.75) is 19.4 Å². The van der Waals surface area contributed by atoms with Crippen molar-refractivity contribution in [3.63, 3.8) is 0 Å². The Morgan fingerprint density at radius 1 is 1.60 bits per heavy atom. The van der Waals surface area contributed by atoms with Crippen molar-refractivity contribution in [2.75, 3.05) is 13.7 Å². The smallest absolute Gasteiger partial charge is 0.320 e. The highest BCUT2D eigenvalue weighted by molar-refractivity contribution is 9.10. The van der Waals surface area contributed by atoms with Crippen molar-refractivity contribution in [3.05, 3.63) is 32.3 Å². The summed E-state index contributed by atoms with van der Waals surface area (Å²) in [5.74, 6) is -0.823. The topological polar surface area (TPSA) is 102 Å². The fraction of sp³-hybridized carbons (Fsp3) is 0.417. The molecular weight excluding hydrogens is 332 g/mol. The summed E-state index contributed by atoms with van der Waals surface area (Å²) in [5.41, 5.74) is 0.468. The molecule has 0 aliphatic heterocycles. The van der Waals surface area contributed by atoms with Crippen LogP contribution in [0.4, 0.5) is 5.69 Å². The number of nitro groups is 1. The largest absolute Gasteiger partial charge is 0.487 e. The maximum Gasteiger partial charge on any atom is 0.320 e. The predicted molar refractivity (Wildman–Crippen MR) is 76.1 cm³/mol. The number of benzene rings is 1. The number of carbonyl (C=O) groups is 1. The van der Waals surface area contributed by atoms with Crippen LogP contribution in [0, 0.1) is 17.0 Å². The highest BCUT2D eigenvalue weighted by atomic mass is 79.9. The lowest BCUT2D eigenvalue weighted by Crippen LogP contribution is -2.35. The second-order valence-corrected chi connectivity index (χ2v) is 5.06. The molecule has 0 saturated heterocycles. The molecule has 0 radical (unpaired) electrons. The Morgan fingerprint density at radius 2 is 2.25 bits per heavy atom. The number of carboxylic acid groups (broad SMARTS) is 1. The first-order valence-corrected chi connectivity index (χ1v) is 6.63. The SMILES string of the molecule is CNC(CCOc1c(C)cc(Br)cc1[N+](=O)[O-])C(=O)O. The Morgan fingerprint density at radius 3 is 2.75 bits per heavy atom. The normalized spacial score (nSPS) is 11.9. The standard InChI is InChI=1S/C12H15BrN2O5/c1-7-5-8(13)6-10(15(18)19)11(7)20-4-3-9(14-2)12(16)17/h5-6,9,14H,3-4H2,1-2H3,(H,16,17).